The summed E-state index contributed by atoms with van der Waals surface area (Å²) in [7, 11) is 0. The second-order valence-corrected chi connectivity index (χ2v) is 5.31. The number of rotatable bonds is 10. The van der Waals surface area contributed by atoms with Gasteiger partial charge >= 0.3 is 12.1 Å². The van der Waals surface area contributed by atoms with Crippen molar-refractivity contribution in [2.45, 2.75) is 45.6 Å². The van der Waals surface area contributed by atoms with Crippen LogP contribution < -0.4 is 5.32 Å². The Morgan fingerprint density at radius 2 is 1.91 bits per heavy atom. The standard InChI is InChI=1S/C17H25NO4/c1-2-8-15(16(19)20)11-6-7-12-18-17(21)22-13-14-9-4-3-5-10-14/h3-5,9-10,15H,2,6-8,11-13H2,1H3,(H,18,21)(H,19,20). The molecule has 1 atom stereocenters. The smallest absolute Gasteiger partial charge is 0.407 e. The number of ether oxygens (including phenoxy) is 1. The zero-order chi connectivity index (χ0) is 16.2. The Morgan fingerprint density at radius 1 is 1.18 bits per heavy atom. The van der Waals surface area contributed by atoms with Crippen LogP contribution >= 0.6 is 0 Å². The van der Waals surface area contributed by atoms with Crippen molar-refractivity contribution in [3.05, 3.63) is 35.9 Å². The van der Waals surface area contributed by atoms with Crippen LogP contribution in [-0.2, 0) is 16.1 Å². The average Bonchev–Trinajstić information content (AvgIpc) is 2.52. The molecule has 0 aliphatic carbocycles. The van der Waals surface area contributed by atoms with Crippen LogP contribution in [0.3, 0.4) is 0 Å². The quantitative estimate of drug-likeness (QED) is 0.648. The topological polar surface area (TPSA) is 75.6 Å². The van der Waals surface area contributed by atoms with Crippen molar-refractivity contribution in [1.82, 2.24) is 5.32 Å². The van der Waals surface area contributed by atoms with Gasteiger partial charge in [0.1, 0.15) is 6.61 Å². The van der Waals surface area contributed by atoms with Gasteiger partial charge in [-0.2, -0.15) is 0 Å². The number of carboxylic acid groups (broad SMARTS) is 1. The lowest BCUT2D eigenvalue weighted by Crippen LogP contribution is -2.25. The van der Waals surface area contributed by atoms with E-state index in [1.807, 2.05) is 37.3 Å². The molecule has 1 aromatic carbocycles. The minimum Gasteiger partial charge on any atom is -0.481 e. The Balaban J connectivity index is 2.08. The Morgan fingerprint density at radius 3 is 2.55 bits per heavy atom. The molecule has 22 heavy (non-hydrogen) atoms. The van der Waals surface area contributed by atoms with E-state index in [4.69, 9.17) is 9.84 Å². The number of hydrogen-bond donors (Lipinski definition) is 2. The summed E-state index contributed by atoms with van der Waals surface area (Å²) < 4.78 is 5.09. The number of benzene rings is 1. The van der Waals surface area contributed by atoms with Gasteiger partial charge < -0.3 is 15.2 Å². The summed E-state index contributed by atoms with van der Waals surface area (Å²) in [4.78, 5) is 22.5. The van der Waals surface area contributed by atoms with Crippen molar-refractivity contribution in [2.75, 3.05) is 6.54 Å². The third kappa shape index (κ3) is 7.67. The predicted molar refractivity (Wildman–Crippen MR) is 84.5 cm³/mol. The minimum absolute atomic E-state index is 0.254. The first-order valence-electron chi connectivity index (χ1n) is 7.80. The SMILES string of the molecule is CCCC(CCCCNC(=O)OCc1ccccc1)C(=O)O. The summed E-state index contributed by atoms with van der Waals surface area (Å²) in [6.07, 6.45) is 3.35. The summed E-state index contributed by atoms with van der Waals surface area (Å²) in [6, 6.07) is 9.49. The molecule has 0 saturated heterocycles. The number of amides is 1. The summed E-state index contributed by atoms with van der Waals surface area (Å²) in [6.45, 7) is 2.75. The molecule has 0 heterocycles. The molecule has 0 saturated carbocycles. The first-order valence-corrected chi connectivity index (χ1v) is 7.80. The predicted octanol–water partition coefficient (Wildman–Crippen LogP) is 3.58. The van der Waals surface area contributed by atoms with Crippen LogP contribution in [0.4, 0.5) is 4.79 Å². The van der Waals surface area contributed by atoms with E-state index in [1.165, 1.54) is 0 Å². The lowest BCUT2D eigenvalue weighted by Gasteiger charge is -2.11. The van der Waals surface area contributed by atoms with Crippen LogP contribution in [0.2, 0.25) is 0 Å². The fourth-order valence-electron chi connectivity index (χ4n) is 2.22. The Bertz CT molecular complexity index is 447. The van der Waals surface area contributed by atoms with E-state index in [0.717, 1.165) is 24.8 Å². The molecule has 2 N–H and O–H groups in total. The van der Waals surface area contributed by atoms with E-state index in [9.17, 15) is 9.59 Å². The van der Waals surface area contributed by atoms with Crippen LogP contribution in [-0.4, -0.2) is 23.7 Å². The molecule has 1 amide bonds. The largest absolute Gasteiger partial charge is 0.481 e. The van der Waals surface area contributed by atoms with Crippen LogP contribution in [0.1, 0.15) is 44.6 Å². The number of carbonyl (C=O) groups is 2. The molecule has 5 nitrogen and oxygen atoms in total. The molecule has 0 fully saturated rings. The highest BCUT2D eigenvalue weighted by molar-refractivity contribution is 5.69. The molecule has 0 aromatic heterocycles. The molecule has 5 heteroatoms. The van der Waals surface area contributed by atoms with Crippen LogP contribution in [0.25, 0.3) is 0 Å². The first-order chi connectivity index (χ1) is 10.6. The number of hydrogen-bond acceptors (Lipinski definition) is 3. The van der Waals surface area contributed by atoms with Crippen LogP contribution in [0.15, 0.2) is 30.3 Å². The number of carbonyl (C=O) groups excluding carboxylic acids is 1. The highest BCUT2D eigenvalue weighted by Crippen LogP contribution is 2.14. The highest BCUT2D eigenvalue weighted by Gasteiger charge is 2.15. The summed E-state index contributed by atoms with van der Waals surface area (Å²) in [5.74, 6) is -0.993. The van der Waals surface area contributed by atoms with E-state index >= 15 is 0 Å². The normalized spacial score (nSPS) is 11.7. The van der Waals surface area contributed by atoms with Crippen molar-refractivity contribution in [3.63, 3.8) is 0 Å². The summed E-state index contributed by atoms with van der Waals surface area (Å²) >= 11 is 0. The van der Waals surface area contributed by atoms with Gasteiger partial charge in [-0.3, -0.25) is 4.79 Å². The van der Waals surface area contributed by atoms with Gasteiger partial charge in [0.2, 0.25) is 0 Å². The number of carboxylic acids is 1. The molecule has 0 aliphatic rings. The van der Waals surface area contributed by atoms with Gasteiger partial charge in [0.25, 0.3) is 0 Å². The lowest BCUT2D eigenvalue weighted by atomic mass is 9.97. The van der Waals surface area contributed by atoms with Gasteiger partial charge in [-0.25, -0.2) is 4.79 Å². The summed E-state index contributed by atoms with van der Waals surface area (Å²) in [5, 5.41) is 11.7. The number of alkyl carbamates (subject to hydrolysis) is 1. The monoisotopic (exact) mass is 307 g/mol. The molecule has 1 aromatic rings. The van der Waals surface area contributed by atoms with Gasteiger partial charge in [-0.1, -0.05) is 50.1 Å². The van der Waals surface area contributed by atoms with Gasteiger partial charge in [0.15, 0.2) is 0 Å². The molecule has 0 aliphatic heterocycles. The van der Waals surface area contributed by atoms with Crippen LogP contribution in [0, 0.1) is 5.92 Å². The van der Waals surface area contributed by atoms with Crippen molar-refractivity contribution in [2.24, 2.45) is 5.92 Å². The second-order valence-electron chi connectivity index (χ2n) is 5.31. The highest BCUT2D eigenvalue weighted by atomic mass is 16.5. The first kappa shape index (κ1) is 18.0. The van der Waals surface area contributed by atoms with Crippen molar-refractivity contribution >= 4 is 12.1 Å². The average molecular weight is 307 g/mol. The van der Waals surface area contributed by atoms with E-state index in [-0.39, 0.29) is 12.5 Å². The Hall–Kier alpha value is -2.04. The zero-order valence-electron chi connectivity index (χ0n) is 13.1. The zero-order valence-corrected chi connectivity index (χ0v) is 13.1. The van der Waals surface area contributed by atoms with Gasteiger partial charge in [-0.05, 0) is 24.8 Å². The van der Waals surface area contributed by atoms with E-state index in [1.54, 1.807) is 0 Å². The maximum absolute atomic E-state index is 11.5. The maximum atomic E-state index is 11.5. The third-order valence-electron chi connectivity index (χ3n) is 3.45. The van der Waals surface area contributed by atoms with Gasteiger partial charge in [-0.15, -0.1) is 0 Å². The Kier molecular flexibility index (Phi) is 8.72. The van der Waals surface area contributed by atoms with Crippen LogP contribution in [0.5, 0.6) is 0 Å². The minimum atomic E-state index is -0.725. The fraction of sp³-hybridized carbons (Fsp3) is 0.529. The van der Waals surface area contributed by atoms with Crippen molar-refractivity contribution in [1.29, 1.82) is 0 Å². The maximum Gasteiger partial charge on any atom is 0.407 e. The van der Waals surface area contributed by atoms with E-state index < -0.39 is 12.1 Å². The summed E-state index contributed by atoms with van der Waals surface area (Å²) in [5.41, 5.74) is 0.946. The lowest BCUT2D eigenvalue weighted by molar-refractivity contribution is -0.142. The van der Waals surface area contributed by atoms with E-state index in [0.29, 0.717) is 19.4 Å². The van der Waals surface area contributed by atoms with Gasteiger partial charge in [0.05, 0.1) is 5.92 Å². The molecular formula is C17H25NO4. The molecule has 1 unspecified atom stereocenters. The number of nitrogens with one attached hydrogen (secondary N) is 1. The molecule has 0 bridgehead atoms. The molecule has 122 valence electrons. The number of unbranched alkanes of at least 4 members (excludes halogenated alkanes) is 1. The van der Waals surface area contributed by atoms with Crippen molar-refractivity contribution in [3.8, 4) is 0 Å². The second kappa shape index (κ2) is 10.7. The molecular weight excluding hydrogens is 282 g/mol. The molecule has 0 spiro atoms. The Labute approximate surface area is 131 Å². The fourth-order valence-corrected chi connectivity index (χ4v) is 2.22. The van der Waals surface area contributed by atoms with E-state index in [2.05, 4.69) is 5.32 Å². The molecule has 1 rings (SSSR count). The number of aliphatic carboxylic acids is 1. The molecule has 0 radical (unpaired) electrons. The van der Waals surface area contributed by atoms with Crippen molar-refractivity contribution < 1.29 is 19.4 Å². The third-order valence-corrected chi connectivity index (χ3v) is 3.45. The van der Waals surface area contributed by atoms with Gasteiger partial charge in [0, 0.05) is 6.54 Å².